The number of para-hydroxylation sites is 1. The normalized spacial score (nSPS) is 10.1. The second kappa shape index (κ2) is 6.02. The molecule has 18 heavy (non-hydrogen) atoms. The number of rotatable bonds is 5. The van der Waals surface area contributed by atoms with Crippen LogP contribution in [0.25, 0.3) is 0 Å². The zero-order chi connectivity index (χ0) is 12.8. The van der Waals surface area contributed by atoms with Gasteiger partial charge in [-0.1, -0.05) is 24.3 Å². The van der Waals surface area contributed by atoms with Gasteiger partial charge in [-0.2, -0.15) is 4.98 Å². The zero-order valence-corrected chi connectivity index (χ0v) is 10.3. The van der Waals surface area contributed by atoms with E-state index >= 15 is 0 Å². The molecule has 0 spiro atoms. The van der Waals surface area contributed by atoms with E-state index in [-0.39, 0.29) is 0 Å². The predicted octanol–water partition coefficient (Wildman–Crippen LogP) is 2.73. The molecule has 1 aromatic carbocycles. The Labute approximate surface area is 106 Å². The Hall–Kier alpha value is -2.07. The van der Waals surface area contributed by atoms with Crippen LogP contribution in [0.1, 0.15) is 12.5 Å². The Morgan fingerprint density at radius 3 is 2.61 bits per heavy atom. The first-order chi connectivity index (χ1) is 8.83. The predicted molar refractivity (Wildman–Crippen MR) is 69.8 cm³/mol. The van der Waals surface area contributed by atoms with Crippen LogP contribution in [0.15, 0.2) is 42.5 Å². The van der Waals surface area contributed by atoms with Crippen LogP contribution in [0.3, 0.4) is 0 Å². The molecule has 0 fully saturated rings. The average Bonchev–Trinajstić information content (AvgIpc) is 2.40. The number of benzene rings is 1. The summed E-state index contributed by atoms with van der Waals surface area (Å²) in [7, 11) is 0. The fourth-order valence-electron chi connectivity index (χ4n) is 1.57. The number of aromatic nitrogens is 1. The Bertz CT molecular complexity index is 515. The van der Waals surface area contributed by atoms with Gasteiger partial charge in [-0.3, -0.25) is 0 Å². The molecule has 1 aromatic heterocycles. The second-order valence-electron chi connectivity index (χ2n) is 3.66. The summed E-state index contributed by atoms with van der Waals surface area (Å²) in [5.74, 6) is 1.78. The van der Waals surface area contributed by atoms with E-state index in [0.717, 1.165) is 11.3 Å². The molecule has 0 atom stereocenters. The van der Waals surface area contributed by atoms with Gasteiger partial charge in [0.15, 0.2) is 0 Å². The van der Waals surface area contributed by atoms with E-state index in [0.29, 0.717) is 24.9 Å². The van der Waals surface area contributed by atoms with Crippen LogP contribution < -0.4 is 15.2 Å². The monoisotopic (exact) mass is 244 g/mol. The van der Waals surface area contributed by atoms with Crippen molar-refractivity contribution in [3.8, 4) is 17.5 Å². The first kappa shape index (κ1) is 12.4. The van der Waals surface area contributed by atoms with Crippen molar-refractivity contribution < 1.29 is 9.47 Å². The Morgan fingerprint density at radius 1 is 1.06 bits per heavy atom. The molecule has 2 N–H and O–H groups in total. The van der Waals surface area contributed by atoms with Gasteiger partial charge in [-0.15, -0.1) is 0 Å². The molecule has 0 unspecified atom stereocenters. The molecule has 2 aromatic rings. The number of pyridine rings is 1. The van der Waals surface area contributed by atoms with Gasteiger partial charge in [0.05, 0.1) is 6.61 Å². The first-order valence-electron chi connectivity index (χ1n) is 5.89. The summed E-state index contributed by atoms with van der Waals surface area (Å²) in [5.41, 5.74) is 6.60. The van der Waals surface area contributed by atoms with E-state index in [1.807, 2.05) is 37.3 Å². The van der Waals surface area contributed by atoms with Crippen molar-refractivity contribution in [2.75, 3.05) is 6.61 Å². The van der Waals surface area contributed by atoms with Gasteiger partial charge in [0.25, 0.3) is 0 Å². The van der Waals surface area contributed by atoms with E-state index in [1.54, 1.807) is 12.1 Å². The molecule has 0 saturated carbocycles. The highest BCUT2D eigenvalue weighted by Gasteiger charge is 2.04. The highest BCUT2D eigenvalue weighted by atomic mass is 16.5. The highest BCUT2D eigenvalue weighted by Crippen LogP contribution is 2.24. The highest BCUT2D eigenvalue weighted by molar-refractivity contribution is 5.36. The van der Waals surface area contributed by atoms with E-state index in [9.17, 15) is 0 Å². The number of nitrogens with two attached hydrogens (primary N) is 1. The third-order valence-corrected chi connectivity index (χ3v) is 2.40. The molecule has 0 bridgehead atoms. The van der Waals surface area contributed by atoms with Crippen molar-refractivity contribution in [2.45, 2.75) is 13.5 Å². The molecule has 4 nitrogen and oxygen atoms in total. The van der Waals surface area contributed by atoms with Crippen molar-refractivity contribution in [2.24, 2.45) is 5.73 Å². The van der Waals surface area contributed by atoms with Crippen molar-refractivity contribution in [1.29, 1.82) is 0 Å². The lowest BCUT2D eigenvalue weighted by Gasteiger charge is -2.09. The lowest BCUT2D eigenvalue weighted by Crippen LogP contribution is -2.00. The average molecular weight is 244 g/mol. The van der Waals surface area contributed by atoms with Crippen molar-refractivity contribution in [3.63, 3.8) is 0 Å². The quantitative estimate of drug-likeness (QED) is 0.878. The number of hydrogen-bond acceptors (Lipinski definition) is 4. The van der Waals surface area contributed by atoms with Gasteiger partial charge in [0, 0.05) is 24.2 Å². The fraction of sp³-hybridized carbons (Fsp3) is 0.214. The Morgan fingerprint density at radius 2 is 1.83 bits per heavy atom. The zero-order valence-electron chi connectivity index (χ0n) is 10.3. The maximum atomic E-state index is 5.72. The van der Waals surface area contributed by atoms with Gasteiger partial charge in [-0.05, 0) is 13.0 Å². The molecule has 1 heterocycles. The summed E-state index contributed by atoms with van der Waals surface area (Å²) in [6, 6.07) is 13.1. The van der Waals surface area contributed by atoms with Crippen LogP contribution >= 0.6 is 0 Å². The van der Waals surface area contributed by atoms with Crippen LogP contribution in [0.4, 0.5) is 0 Å². The number of nitrogens with zero attached hydrogens (tertiary/aromatic N) is 1. The van der Waals surface area contributed by atoms with Crippen LogP contribution in [-0.2, 0) is 6.54 Å². The lowest BCUT2D eigenvalue weighted by molar-refractivity contribution is 0.321. The van der Waals surface area contributed by atoms with Crippen molar-refractivity contribution in [3.05, 3.63) is 48.0 Å². The van der Waals surface area contributed by atoms with Crippen LogP contribution in [0.5, 0.6) is 17.5 Å². The van der Waals surface area contributed by atoms with E-state index in [4.69, 9.17) is 15.2 Å². The summed E-state index contributed by atoms with van der Waals surface area (Å²) in [5, 5.41) is 0. The Kier molecular flexibility index (Phi) is 4.15. The SMILES string of the molecule is CCOc1cccc(Oc2ccccc2CN)n1. The molecule has 94 valence electrons. The smallest absolute Gasteiger partial charge is 0.222 e. The van der Waals surface area contributed by atoms with Crippen LogP contribution in [0, 0.1) is 0 Å². The summed E-state index contributed by atoms with van der Waals surface area (Å²) in [4.78, 5) is 4.25. The summed E-state index contributed by atoms with van der Waals surface area (Å²) in [6.07, 6.45) is 0. The van der Waals surface area contributed by atoms with Crippen molar-refractivity contribution >= 4 is 0 Å². The van der Waals surface area contributed by atoms with E-state index < -0.39 is 0 Å². The summed E-state index contributed by atoms with van der Waals surface area (Å²) in [6.45, 7) is 2.93. The van der Waals surface area contributed by atoms with E-state index in [1.165, 1.54) is 0 Å². The van der Waals surface area contributed by atoms with Gasteiger partial charge >= 0.3 is 0 Å². The molecular weight excluding hydrogens is 228 g/mol. The molecule has 0 amide bonds. The van der Waals surface area contributed by atoms with Gasteiger partial charge in [-0.25, -0.2) is 0 Å². The topological polar surface area (TPSA) is 57.4 Å². The minimum absolute atomic E-state index is 0.432. The minimum atomic E-state index is 0.432. The molecule has 0 aliphatic rings. The van der Waals surface area contributed by atoms with Gasteiger partial charge < -0.3 is 15.2 Å². The lowest BCUT2D eigenvalue weighted by atomic mass is 10.2. The third-order valence-electron chi connectivity index (χ3n) is 2.40. The first-order valence-corrected chi connectivity index (χ1v) is 5.89. The van der Waals surface area contributed by atoms with Gasteiger partial charge in [0.1, 0.15) is 5.75 Å². The fourth-order valence-corrected chi connectivity index (χ4v) is 1.57. The maximum absolute atomic E-state index is 5.72. The van der Waals surface area contributed by atoms with E-state index in [2.05, 4.69) is 4.98 Å². The third kappa shape index (κ3) is 2.99. The maximum Gasteiger partial charge on any atom is 0.222 e. The molecule has 0 saturated heterocycles. The summed E-state index contributed by atoms with van der Waals surface area (Å²) >= 11 is 0. The minimum Gasteiger partial charge on any atom is -0.478 e. The molecule has 0 aliphatic carbocycles. The largest absolute Gasteiger partial charge is 0.478 e. The Balaban J connectivity index is 2.20. The second-order valence-corrected chi connectivity index (χ2v) is 3.66. The van der Waals surface area contributed by atoms with Gasteiger partial charge in [0.2, 0.25) is 11.8 Å². The number of ether oxygens (including phenoxy) is 2. The molecule has 2 rings (SSSR count). The standard InChI is InChI=1S/C14H16N2O2/c1-2-17-13-8-5-9-14(16-13)18-12-7-4-3-6-11(12)10-15/h3-9H,2,10,15H2,1H3. The molecule has 4 heteroatoms. The van der Waals surface area contributed by atoms with Crippen LogP contribution in [0.2, 0.25) is 0 Å². The molecule has 0 aliphatic heterocycles. The molecule has 0 radical (unpaired) electrons. The van der Waals surface area contributed by atoms with Crippen LogP contribution in [-0.4, -0.2) is 11.6 Å². The van der Waals surface area contributed by atoms with Crippen molar-refractivity contribution in [1.82, 2.24) is 4.98 Å². The summed E-state index contributed by atoms with van der Waals surface area (Å²) < 4.78 is 11.0. The number of hydrogen-bond donors (Lipinski definition) is 1. The molecular formula is C14H16N2O2.